The molecular weight excluding hydrogens is 454 g/mol. The average Bonchev–Trinajstić information content (AvgIpc) is 3.13. The molecule has 1 aliphatic heterocycles. The predicted octanol–water partition coefficient (Wildman–Crippen LogP) is 4.06. The van der Waals surface area contributed by atoms with Gasteiger partial charge in [0.1, 0.15) is 5.00 Å². The molecule has 0 aromatic carbocycles. The van der Waals surface area contributed by atoms with Crippen molar-refractivity contribution in [2.24, 2.45) is 7.05 Å². The first-order chi connectivity index (χ1) is 15.9. The molecule has 1 N–H and O–H groups in total. The van der Waals surface area contributed by atoms with Crippen molar-refractivity contribution < 1.29 is 9.53 Å². The van der Waals surface area contributed by atoms with Gasteiger partial charge in [-0.15, -0.1) is 11.3 Å². The smallest absolute Gasteiger partial charge is 0.341 e. The number of aryl methyl sites for hydroxylation is 3. The van der Waals surface area contributed by atoms with Crippen LogP contribution >= 0.6 is 23.6 Å². The normalized spacial score (nSPS) is 16.9. The topological polar surface area (TPSA) is 62.6 Å². The maximum Gasteiger partial charge on any atom is 0.341 e. The highest BCUT2D eigenvalue weighted by Gasteiger charge is 2.28. The molecule has 1 saturated heterocycles. The quantitative estimate of drug-likeness (QED) is 0.386. The number of carbonyl (C=O) groups is 1. The zero-order valence-corrected chi connectivity index (χ0v) is 21.8. The van der Waals surface area contributed by atoms with Gasteiger partial charge in [0.25, 0.3) is 0 Å². The van der Waals surface area contributed by atoms with Gasteiger partial charge < -0.3 is 15.0 Å². The molecule has 0 bridgehead atoms. The summed E-state index contributed by atoms with van der Waals surface area (Å²) < 4.78 is 7.37. The van der Waals surface area contributed by atoms with Crippen molar-refractivity contribution in [3.8, 4) is 0 Å². The molecule has 0 unspecified atom stereocenters. The molecule has 0 spiro atoms. The second kappa shape index (κ2) is 10.5. The van der Waals surface area contributed by atoms with Gasteiger partial charge in [-0.25, -0.2) is 4.79 Å². The Morgan fingerprint density at radius 3 is 2.55 bits per heavy atom. The number of fused-ring (bicyclic) bond motifs is 1. The van der Waals surface area contributed by atoms with Gasteiger partial charge in [0.2, 0.25) is 0 Å². The van der Waals surface area contributed by atoms with Gasteiger partial charge >= 0.3 is 5.97 Å². The third-order valence-corrected chi connectivity index (χ3v) is 8.39. The number of hydrogen-bond donors (Lipinski definition) is 1. The molecule has 0 radical (unpaired) electrons. The fourth-order valence-electron chi connectivity index (χ4n) is 4.81. The number of rotatable bonds is 5. The number of nitrogens with one attached hydrogen (secondary N) is 1. The van der Waals surface area contributed by atoms with E-state index in [0.717, 1.165) is 62.7 Å². The number of hydrogen-bond acceptors (Lipinski definition) is 6. The Morgan fingerprint density at radius 1 is 1.15 bits per heavy atom. The lowest BCUT2D eigenvalue weighted by molar-refractivity contribution is 0.0527. The van der Waals surface area contributed by atoms with Gasteiger partial charge in [0, 0.05) is 55.9 Å². The van der Waals surface area contributed by atoms with Gasteiger partial charge in [-0.3, -0.25) is 9.58 Å². The van der Waals surface area contributed by atoms with Gasteiger partial charge in [-0.2, -0.15) is 5.10 Å². The highest BCUT2D eigenvalue weighted by Crippen LogP contribution is 2.38. The zero-order valence-electron chi connectivity index (χ0n) is 20.2. The second-order valence-electron chi connectivity index (χ2n) is 8.96. The molecule has 0 amide bonds. The standard InChI is InChI=1S/C24H35N5O2S2/c1-5-31-23(30)21-18-9-7-6-8-10-20(18)33-22(21)25-24(32)29-13-11-28(12-14-29)15-19-16(2)26-27(4)17(19)3/h5-15H2,1-4H3,(H,25,32). The molecule has 33 heavy (non-hydrogen) atoms. The van der Waals surface area contributed by atoms with E-state index in [2.05, 4.69) is 34.1 Å². The summed E-state index contributed by atoms with van der Waals surface area (Å²) in [5.41, 5.74) is 5.55. The SMILES string of the molecule is CCOC(=O)c1c(NC(=S)N2CCN(Cc3c(C)nn(C)c3C)CC2)sc2c1CCCCC2. The first kappa shape index (κ1) is 24.2. The Balaban J connectivity index is 1.41. The number of ether oxygens (including phenoxy) is 1. The van der Waals surface area contributed by atoms with Gasteiger partial charge in [-0.1, -0.05) is 6.42 Å². The van der Waals surface area contributed by atoms with E-state index in [1.165, 1.54) is 34.5 Å². The molecule has 4 rings (SSSR count). The number of carbonyl (C=O) groups excluding carboxylic acids is 1. The minimum atomic E-state index is -0.228. The number of nitrogens with zero attached hydrogens (tertiary/aromatic N) is 4. The summed E-state index contributed by atoms with van der Waals surface area (Å²) in [6.45, 7) is 11.0. The summed E-state index contributed by atoms with van der Waals surface area (Å²) in [6.07, 6.45) is 5.50. The first-order valence-electron chi connectivity index (χ1n) is 12.0. The van der Waals surface area contributed by atoms with Gasteiger partial charge in [0.15, 0.2) is 5.11 Å². The Kier molecular flexibility index (Phi) is 7.71. The van der Waals surface area contributed by atoms with Crippen LogP contribution in [-0.2, 0) is 31.2 Å². The molecule has 2 aromatic heterocycles. The summed E-state index contributed by atoms with van der Waals surface area (Å²) >= 11 is 7.47. The number of thiocarbonyl (C=S) groups is 1. The molecule has 0 atom stereocenters. The van der Waals surface area contributed by atoms with Crippen LogP contribution in [-0.4, -0.2) is 63.4 Å². The second-order valence-corrected chi connectivity index (χ2v) is 10.4. The maximum atomic E-state index is 12.8. The van der Waals surface area contributed by atoms with Crippen LogP contribution < -0.4 is 5.32 Å². The molecule has 1 fully saturated rings. The van der Waals surface area contributed by atoms with Crippen LogP contribution in [0.4, 0.5) is 5.00 Å². The lowest BCUT2D eigenvalue weighted by Gasteiger charge is -2.36. The molecule has 2 aliphatic rings. The predicted molar refractivity (Wildman–Crippen MR) is 137 cm³/mol. The number of aromatic nitrogens is 2. The van der Waals surface area contributed by atoms with Crippen molar-refractivity contribution in [3.05, 3.63) is 33.0 Å². The third-order valence-electron chi connectivity index (χ3n) is 6.82. The van der Waals surface area contributed by atoms with E-state index < -0.39 is 0 Å². The molecule has 3 heterocycles. The van der Waals surface area contributed by atoms with E-state index >= 15 is 0 Å². The van der Waals surface area contributed by atoms with Crippen molar-refractivity contribution in [1.82, 2.24) is 19.6 Å². The van der Waals surface area contributed by atoms with Crippen LogP contribution in [0.25, 0.3) is 0 Å². The zero-order chi connectivity index (χ0) is 23.5. The highest BCUT2D eigenvalue weighted by atomic mass is 32.1. The van der Waals surface area contributed by atoms with Gasteiger partial charge in [-0.05, 0) is 64.2 Å². The Morgan fingerprint density at radius 2 is 1.88 bits per heavy atom. The number of anilines is 1. The molecular formula is C24H35N5O2S2. The van der Waals surface area contributed by atoms with Crippen molar-refractivity contribution in [2.45, 2.75) is 59.4 Å². The molecule has 2 aromatic rings. The van der Waals surface area contributed by atoms with Crippen LogP contribution in [0.3, 0.4) is 0 Å². The lowest BCUT2D eigenvalue weighted by atomic mass is 10.1. The summed E-state index contributed by atoms with van der Waals surface area (Å²) in [7, 11) is 2.00. The summed E-state index contributed by atoms with van der Waals surface area (Å²) in [5, 5.41) is 9.53. The minimum absolute atomic E-state index is 0.228. The van der Waals surface area contributed by atoms with E-state index in [4.69, 9.17) is 17.0 Å². The molecule has 0 saturated carbocycles. The van der Waals surface area contributed by atoms with E-state index in [9.17, 15) is 4.79 Å². The third kappa shape index (κ3) is 5.25. The highest BCUT2D eigenvalue weighted by molar-refractivity contribution is 7.80. The van der Waals surface area contributed by atoms with Crippen LogP contribution in [0.2, 0.25) is 0 Å². The van der Waals surface area contributed by atoms with E-state index in [0.29, 0.717) is 17.3 Å². The lowest BCUT2D eigenvalue weighted by Crippen LogP contribution is -2.49. The minimum Gasteiger partial charge on any atom is -0.462 e. The van der Waals surface area contributed by atoms with Crippen LogP contribution in [0.1, 0.15) is 63.9 Å². The fraction of sp³-hybridized carbons (Fsp3) is 0.625. The molecule has 9 heteroatoms. The molecule has 1 aliphatic carbocycles. The average molecular weight is 490 g/mol. The Hall–Kier alpha value is -1.97. The van der Waals surface area contributed by atoms with E-state index in [1.807, 2.05) is 18.7 Å². The van der Waals surface area contributed by atoms with Crippen molar-refractivity contribution >= 4 is 39.6 Å². The monoisotopic (exact) mass is 489 g/mol. The Labute approximate surface area is 206 Å². The van der Waals surface area contributed by atoms with Crippen molar-refractivity contribution in [1.29, 1.82) is 0 Å². The van der Waals surface area contributed by atoms with Crippen LogP contribution in [0.15, 0.2) is 0 Å². The van der Waals surface area contributed by atoms with E-state index in [1.54, 1.807) is 11.3 Å². The number of esters is 1. The summed E-state index contributed by atoms with van der Waals surface area (Å²) in [5.74, 6) is -0.228. The van der Waals surface area contributed by atoms with Crippen LogP contribution in [0.5, 0.6) is 0 Å². The number of piperazine rings is 1. The van der Waals surface area contributed by atoms with Crippen LogP contribution in [0, 0.1) is 13.8 Å². The Bertz CT molecular complexity index is 1020. The molecule has 7 nitrogen and oxygen atoms in total. The van der Waals surface area contributed by atoms with Crippen molar-refractivity contribution in [3.63, 3.8) is 0 Å². The number of thiophene rings is 1. The van der Waals surface area contributed by atoms with Gasteiger partial charge in [0.05, 0.1) is 17.9 Å². The summed E-state index contributed by atoms with van der Waals surface area (Å²) in [6, 6.07) is 0. The molecule has 180 valence electrons. The first-order valence-corrected chi connectivity index (χ1v) is 13.2. The fourth-order valence-corrected chi connectivity index (χ4v) is 6.43. The largest absolute Gasteiger partial charge is 0.462 e. The summed E-state index contributed by atoms with van der Waals surface area (Å²) in [4.78, 5) is 18.8. The van der Waals surface area contributed by atoms with E-state index in [-0.39, 0.29) is 5.97 Å². The maximum absolute atomic E-state index is 12.8. The van der Waals surface area contributed by atoms with Crippen molar-refractivity contribution in [2.75, 3.05) is 38.1 Å².